The number of carbonyl (C=O) groups is 1. The summed E-state index contributed by atoms with van der Waals surface area (Å²) in [5.74, 6) is 5.47. The van der Waals surface area contributed by atoms with Crippen molar-refractivity contribution in [2.75, 3.05) is 0 Å². The van der Waals surface area contributed by atoms with Gasteiger partial charge in [0.15, 0.2) is 0 Å². The molecular formula is C26H21N3O3. The number of rotatable bonds is 6. The van der Waals surface area contributed by atoms with Gasteiger partial charge in [-0.25, -0.2) is 9.59 Å². The summed E-state index contributed by atoms with van der Waals surface area (Å²) in [5, 5.41) is 14.0. The Bertz CT molecular complexity index is 1370. The molecule has 1 N–H and O–H groups in total. The normalized spacial score (nSPS) is 10.4. The second-order valence-electron chi connectivity index (χ2n) is 7.18. The van der Waals surface area contributed by atoms with Crippen LogP contribution in [-0.4, -0.2) is 25.4 Å². The quantitative estimate of drug-likeness (QED) is 0.476. The van der Waals surface area contributed by atoms with Crippen molar-refractivity contribution < 1.29 is 9.90 Å². The zero-order valence-electron chi connectivity index (χ0n) is 17.5. The van der Waals surface area contributed by atoms with Gasteiger partial charge in [-0.15, -0.1) is 11.0 Å². The molecular weight excluding hydrogens is 402 g/mol. The van der Waals surface area contributed by atoms with Gasteiger partial charge in [0.1, 0.15) is 5.82 Å². The topological polar surface area (TPSA) is 77.1 Å². The first-order valence-corrected chi connectivity index (χ1v) is 10.1. The molecule has 0 spiro atoms. The molecule has 0 saturated carbocycles. The number of nitrogens with zero attached hydrogens (tertiary/aromatic N) is 3. The van der Waals surface area contributed by atoms with Crippen LogP contribution in [0.15, 0.2) is 83.7 Å². The lowest BCUT2D eigenvalue weighted by molar-refractivity contribution is 0.0697. The van der Waals surface area contributed by atoms with Crippen LogP contribution in [-0.2, 0) is 13.0 Å². The van der Waals surface area contributed by atoms with E-state index in [0.717, 1.165) is 11.1 Å². The number of para-hydroxylation sites is 1. The Kier molecular flexibility index (Phi) is 6.00. The number of carboxylic acids is 1. The van der Waals surface area contributed by atoms with E-state index in [-0.39, 0.29) is 11.3 Å². The average molecular weight is 423 g/mol. The summed E-state index contributed by atoms with van der Waals surface area (Å²) < 4.78 is 3.02. The van der Waals surface area contributed by atoms with Crippen molar-refractivity contribution in [3.05, 3.63) is 106 Å². The highest BCUT2D eigenvalue weighted by atomic mass is 16.4. The summed E-state index contributed by atoms with van der Waals surface area (Å²) in [6, 6.07) is 23.7. The molecule has 158 valence electrons. The smallest absolute Gasteiger partial charge is 0.351 e. The molecule has 0 aliphatic heterocycles. The van der Waals surface area contributed by atoms with E-state index in [1.807, 2.05) is 60.7 Å². The summed E-state index contributed by atoms with van der Waals surface area (Å²) in [7, 11) is 0. The third-order valence-corrected chi connectivity index (χ3v) is 5.13. The Morgan fingerprint density at radius 2 is 1.66 bits per heavy atom. The Morgan fingerprint density at radius 3 is 2.34 bits per heavy atom. The van der Waals surface area contributed by atoms with E-state index < -0.39 is 5.97 Å². The van der Waals surface area contributed by atoms with Crippen molar-refractivity contribution in [2.24, 2.45) is 0 Å². The maximum absolute atomic E-state index is 13.1. The first-order chi connectivity index (χ1) is 15.6. The average Bonchev–Trinajstić information content (AvgIpc) is 3.14. The van der Waals surface area contributed by atoms with E-state index in [4.69, 9.17) is 0 Å². The molecule has 0 atom stereocenters. The van der Waals surface area contributed by atoms with Gasteiger partial charge in [0.2, 0.25) is 0 Å². The Labute approximate surface area is 185 Å². The fourth-order valence-corrected chi connectivity index (χ4v) is 3.53. The minimum absolute atomic E-state index is 0.232. The maximum atomic E-state index is 13.1. The van der Waals surface area contributed by atoms with Gasteiger partial charge in [-0.1, -0.05) is 66.6 Å². The van der Waals surface area contributed by atoms with Crippen molar-refractivity contribution in [1.82, 2.24) is 14.3 Å². The molecule has 4 aromatic rings. The van der Waals surface area contributed by atoms with Gasteiger partial charge in [0, 0.05) is 0 Å². The summed E-state index contributed by atoms with van der Waals surface area (Å²) in [4.78, 5) is 24.6. The molecule has 0 fully saturated rings. The van der Waals surface area contributed by atoms with Gasteiger partial charge >= 0.3 is 11.7 Å². The van der Waals surface area contributed by atoms with Crippen molar-refractivity contribution in [3.8, 4) is 28.7 Å². The standard InChI is InChI=1S/C26H21N3O3/c1-2-3-13-24-27-29(21-9-5-4-6-10-21)26(32)28(24)18-19-14-16-20(17-15-19)22-11-7-8-12-23(22)25(30)31/h4-12,14-17H,13,18H2,1H3,(H,30,31). The SMILES string of the molecule is CC#CCc1nn(-c2ccccc2)c(=O)n1Cc1ccc(-c2ccccc2C(=O)O)cc1. The van der Waals surface area contributed by atoms with Gasteiger partial charge in [-0.2, -0.15) is 4.68 Å². The van der Waals surface area contributed by atoms with Crippen LogP contribution in [0, 0.1) is 11.8 Å². The molecule has 1 aromatic heterocycles. The van der Waals surface area contributed by atoms with Crippen LogP contribution in [0.25, 0.3) is 16.8 Å². The number of aromatic nitrogens is 3. The van der Waals surface area contributed by atoms with E-state index in [9.17, 15) is 14.7 Å². The Balaban J connectivity index is 1.68. The lowest BCUT2D eigenvalue weighted by atomic mass is 9.99. The van der Waals surface area contributed by atoms with Crippen LogP contribution in [0.3, 0.4) is 0 Å². The fraction of sp³-hybridized carbons (Fsp3) is 0.115. The van der Waals surface area contributed by atoms with Gasteiger partial charge < -0.3 is 5.11 Å². The highest BCUT2D eigenvalue weighted by Gasteiger charge is 2.15. The highest BCUT2D eigenvalue weighted by molar-refractivity contribution is 5.95. The lowest BCUT2D eigenvalue weighted by Crippen LogP contribution is -2.25. The van der Waals surface area contributed by atoms with E-state index in [0.29, 0.717) is 30.0 Å². The summed E-state index contributed by atoms with van der Waals surface area (Å²) in [5.41, 5.74) is 3.07. The van der Waals surface area contributed by atoms with Crippen LogP contribution in [0.4, 0.5) is 0 Å². The molecule has 6 nitrogen and oxygen atoms in total. The predicted molar refractivity (Wildman–Crippen MR) is 123 cm³/mol. The summed E-state index contributed by atoms with van der Waals surface area (Å²) in [6.07, 6.45) is 0.371. The molecule has 0 aliphatic rings. The Morgan fingerprint density at radius 1 is 0.969 bits per heavy atom. The molecule has 0 bridgehead atoms. The molecule has 0 saturated heterocycles. The van der Waals surface area contributed by atoms with Crippen LogP contribution < -0.4 is 5.69 Å². The van der Waals surface area contributed by atoms with E-state index in [1.165, 1.54) is 4.68 Å². The van der Waals surface area contributed by atoms with E-state index in [1.54, 1.807) is 29.7 Å². The van der Waals surface area contributed by atoms with E-state index >= 15 is 0 Å². The predicted octanol–water partition coefficient (Wildman–Crippen LogP) is 4.01. The molecule has 0 aliphatic carbocycles. The largest absolute Gasteiger partial charge is 0.478 e. The zero-order valence-corrected chi connectivity index (χ0v) is 17.5. The van der Waals surface area contributed by atoms with Gasteiger partial charge in [-0.3, -0.25) is 4.57 Å². The highest BCUT2D eigenvalue weighted by Crippen LogP contribution is 2.24. The van der Waals surface area contributed by atoms with Crippen LogP contribution in [0.2, 0.25) is 0 Å². The van der Waals surface area contributed by atoms with Gasteiger partial charge in [0.25, 0.3) is 0 Å². The molecule has 0 amide bonds. The summed E-state index contributed by atoms with van der Waals surface area (Å²) in [6.45, 7) is 2.09. The fourth-order valence-electron chi connectivity index (χ4n) is 3.53. The molecule has 1 heterocycles. The van der Waals surface area contributed by atoms with Gasteiger partial charge in [0.05, 0.1) is 24.2 Å². The molecule has 6 heteroatoms. The van der Waals surface area contributed by atoms with Gasteiger partial charge in [-0.05, 0) is 41.8 Å². The minimum Gasteiger partial charge on any atom is -0.478 e. The monoisotopic (exact) mass is 423 g/mol. The first-order valence-electron chi connectivity index (χ1n) is 10.1. The maximum Gasteiger partial charge on any atom is 0.351 e. The number of aromatic carboxylic acids is 1. The van der Waals surface area contributed by atoms with E-state index in [2.05, 4.69) is 16.9 Å². The third kappa shape index (κ3) is 4.23. The minimum atomic E-state index is -0.966. The number of hydrogen-bond donors (Lipinski definition) is 1. The number of hydrogen-bond acceptors (Lipinski definition) is 3. The second kappa shape index (κ2) is 9.19. The van der Waals surface area contributed by atoms with Crippen molar-refractivity contribution in [2.45, 2.75) is 19.9 Å². The number of carboxylic acid groups (broad SMARTS) is 1. The van der Waals surface area contributed by atoms with Crippen LogP contribution in [0.5, 0.6) is 0 Å². The third-order valence-electron chi connectivity index (χ3n) is 5.13. The first kappa shape index (κ1) is 20.9. The van der Waals surface area contributed by atoms with Crippen LogP contribution in [0.1, 0.15) is 28.7 Å². The molecule has 4 rings (SSSR count). The zero-order chi connectivity index (χ0) is 22.5. The molecule has 32 heavy (non-hydrogen) atoms. The van der Waals surface area contributed by atoms with Crippen molar-refractivity contribution >= 4 is 5.97 Å². The van der Waals surface area contributed by atoms with Crippen molar-refractivity contribution in [3.63, 3.8) is 0 Å². The summed E-state index contributed by atoms with van der Waals surface area (Å²) >= 11 is 0. The Hall–Kier alpha value is -4.37. The molecule has 3 aromatic carbocycles. The number of benzene rings is 3. The van der Waals surface area contributed by atoms with Crippen molar-refractivity contribution in [1.29, 1.82) is 0 Å². The van der Waals surface area contributed by atoms with Crippen LogP contribution >= 0.6 is 0 Å². The second-order valence-corrected chi connectivity index (χ2v) is 7.18. The molecule has 0 unspecified atom stereocenters. The lowest BCUT2D eigenvalue weighted by Gasteiger charge is -2.08. The molecule has 0 radical (unpaired) electrons.